The van der Waals surface area contributed by atoms with Crippen LogP contribution in [0.3, 0.4) is 0 Å². The van der Waals surface area contributed by atoms with Gasteiger partial charge in [0.1, 0.15) is 0 Å². The molecule has 0 fully saturated rings. The molecule has 0 atom stereocenters. The summed E-state index contributed by atoms with van der Waals surface area (Å²) >= 11 is 9.38. The summed E-state index contributed by atoms with van der Waals surface area (Å²) in [6.45, 7) is 3.23. The molecular formula is C14H16BrClN4O. The molecule has 0 radical (unpaired) electrons. The first-order chi connectivity index (χ1) is 10.1. The van der Waals surface area contributed by atoms with Gasteiger partial charge in [-0.1, -0.05) is 35.0 Å². The highest BCUT2D eigenvalue weighted by atomic mass is 79.9. The van der Waals surface area contributed by atoms with Crippen molar-refractivity contribution in [3.05, 3.63) is 39.6 Å². The first-order valence-corrected chi connectivity index (χ1v) is 7.75. The summed E-state index contributed by atoms with van der Waals surface area (Å²) in [4.78, 5) is 14.3. The van der Waals surface area contributed by atoms with Crippen LogP contribution in [0.15, 0.2) is 28.7 Å². The van der Waals surface area contributed by atoms with Gasteiger partial charge >= 0.3 is 6.01 Å². The molecule has 0 unspecified atom stereocenters. The van der Waals surface area contributed by atoms with Gasteiger partial charge in [0.25, 0.3) is 0 Å². The Kier molecular flexibility index (Phi) is 5.76. The molecular weight excluding hydrogens is 356 g/mol. The summed E-state index contributed by atoms with van der Waals surface area (Å²) in [5, 5.41) is 0.132. The largest absolute Gasteiger partial charge is 0.463 e. The van der Waals surface area contributed by atoms with Crippen LogP contribution in [0.1, 0.15) is 18.9 Å². The van der Waals surface area contributed by atoms with E-state index in [1.54, 1.807) is 0 Å². The van der Waals surface area contributed by atoms with Crippen molar-refractivity contribution in [1.29, 1.82) is 0 Å². The number of aromatic nitrogens is 3. The van der Waals surface area contributed by atoms with E-state index in [-0.39, 0.29) is 11.3 Å². The van der Waals surface area contributed by atoms with Gasteiger partial charge in [0.05, 0.1) is 6.61 Å². The maximum Gasteiger partial charge on any atom is 0.322 e. The Morgan fingerprint density at radius 3 is 2.81 bits per heavy atom. The van der Waals surface area contributed by atoms with E-state index < -0.39 is 0 Å². The van der Waals surface area contributed by atoms with Crippen LogP contribution in [0.5, 0.6) is 6.01 Å². The molecule has 0 amide bonds. The van der Waals surface area contributed by atoms with Gasteiger partial charge in [-0.05, 0) is 35.7 Å². The normalized spacial score (nSPS) is 10.5. The Bertz CT molecular complexity index is 611. The molecule has 112 valence electrons. The fourth-order valence-electron chi connectivity index (χ4n) is 1.73. The molecule has 0 bridgehead atoms. The standard InChI is InChI=1S/C14H16BrClN4O/c1-3-7-21-14-18-12(16)17-13(19-14)20(2)9-10-5-4-6-11(15)8-10/h4-6,8H,3,7,9H2,1-2H3. The number of nitrogens with zero attached hydrogens (tertiary/aromatic N) is 4. The monoisotopic (exact) mass is 370 g/mol. The molecule has 0 saturated heterocycles. The number of hydrogen-bond donors (Lipinski definition) is 0. The maximum absolute atomic E-state index is 5.92. The lowest BCUT2D eigenvalue weighted by Gasteiger charge is -2.17. The molecule has 0 aliphatic heterocycles. The number of ether oxygens (including phenoxy) is 1. The van der Waals surface area contributed by atoms with Gasteiger partial charge in [0.15, 0.2) is 0 Å². The topological polar surface area (TPSA) is 51.1 Å². The Morgan fingerprint density at radius 2 is 2.10 bits per heavy atom. The molecule has 1 aromatic heterocycles. The molecule has 0 saturated carbocycles. The van der Waals surface area contributed by atoms with Crippen molar-refractivity contribution in [3.63, 3.8) is 0 Å². The van der Waals surface area contributed by atoms with Gasteiger partial charge < -0.3 is 9.64 Å². The highest BCUT2D eigenvalue weighted by molar-refractivity contribution is 9.10. The second-order valence-corrected chi connectivity index (χ2v) is 5.78. The predicted molar refractivity (Wildman–Crippen MR) is 86.9 cm³/mol. The van der Waals surface area contributed by atoms with Crippen LogP contribution in [-0.4, -0.2) is 28.6 Å². The minimum Gasteiger partial charge on any atom is -0.463 e. The van der Waals surface area contributed by atoms with Crippen LogP contribution in [0, 0.1) is 0 Å². The molecule has 0 N–H and O–H groups in total. The quantitative estimate of drug-likeness (QED) is 0.774. The second-order valence-electron chi connectivity index (χ2n) is 4.52. The molecule has 0 spiro atoms. The average molecular weight is 372 g/mol. The second kappa shape index (κ2) is 7.56. The van der Waals surface area contributed by atoms with Gasteiger partial charge in [-0.2, -0.15) is 15.0 Å². The fourth-order valence-corrected chi connectivity index (χ4v) is 2.33. The molecule has 5 nitrogen and oxygen atoms in total. The van der Waals surface area contributed by atoms with E-state index in [0.717, 1.165) is 16.5 Å². The zero-order valence-electron chi connectivity index (χ0n) is 11.9. The number of anilines is 1. The van der Waals surface area contributed by atoms with E-state index in [4.69, 9.17) is 16.3 Å². The zero-order chi connectivity index (χ0) is 15.2. The average Bonchev–Trinajstić information content (AvgIpc) is 2.44. The Morgan fingerprint density at radius 1 is 1.29 bits per heavy atom. The zero-order valence-corrected chi connectivity index (χ0v) is 14.2. The lowest BCUT2D eigenvalue weighted by atomic mass is 10.2. The summed E-state index contributed by atoms with van der Waals surface area (Å²) in [6, 6.07) is 8.32. The number of hydrogen-bond acceptors (Lipinski definition) is 5. The maximum atomic E-state index is 5.92. The van der Waals surface area contributed by atoms with Gasteiger partial charge in [-0.25, -0.2) is 0 Å². The van der Waals surface area contributed by atoms with E-state index in [0.29, 0.717) is 19.1 Å². The summed E-state index contributed by atoms with van der Waals surface area (Å²) in [7, 11) is 1.90. The smallest absolute Gasteiger partial charge is 0.322 e. The van der Waals surface area contributed by atoms with Crippen molar-refractivity contribution in [1.82, 2.24) is 15.0 Å². The molecule has 0 aliphatic carbocycles. The van der Waals surface area contributed by atoms with E-state index >= 15 is 0 Å². The molecule has 1 aromatic carbocycles. The summed E-state index contributed by atoms with van der Waals surface area (Å²) in [5.41, 5.74) is 1.14. The van der Waals surface area contributed by atoms with Crippen molar-refractivity contribution in [2.75, 3.05) is 18.6 Å². The Hall–Kier alpha value is -1.40. The summed E-state index contributed by atoms with van der Waals surface area (Å²) in [6.07, 6.45) is 0.881. The highest BCUT2D eigenvalue weighted by Gasteiger charge is 2.11. The third-order valence-corrected chi connectivity index (χ3v) is 3.32. The third-order valence-electron chi connectivity index (χ3n) is 2.66. The lowest BCUT2D eigenvalue weighted by molar-refractivity contribution is 0.291. The van der Waals surface area contributed by atoms with Crippen molar-refractivity contribution in [3.8, 4) is 6.01 Å². The lowest BCUT2D eigenvalue weighted by Crippen LogP contribution is -2.20. The summed E-state index contributed by atoms with van der Waals surface area (Å²) in [5.74, 6) is 0.487. The summed E-state index contributed by atoms with van der Waals surface area (Å²) < 4.78 is 6.45. The third kappa shape index (κ3) is 4.82. The van der Waals surface area contributed by atoms with Crippen molar-refractivity contribution >= 4 is 33.5 Å². The fraction of sp³-hybridized carbons (Fsp3) is 0.357. The van der Waals surface area contributed by atoms with Gasteiger partial charge in [-0.3, -0.25) is 0 Å². The van der Waals surface area contributed by atoms with Crippen LogP contribution in [0.4, 0.5) is 5.95 Å². The minimum absolute atomic E-state index is 0.132. The van der Waals surface area contributed by atoms with Crippen LogP contribution in [-0.2, 0) is 6.54 Å². The van der Waals surface area contributed by atoms with Crippen LogP contribution in [0.2, 0.25) is 5.28 Å². The van der Waals surface area contributed by atoms with Gasteiger partial charge in [-0.15, -0.1) is 0 Å². The number of rotatable bonds is 6. The molecule has 7 heteroatoms. The SMILES string of the molecule is CCCOc1nc(Cl)nc(N(C)Cc2cccc(Br)c2)n1. The predicted octanol–water partition coefficient (Wildman–Crippen LogP) is 3.71. The molecule has 1 heterocycles. The Labute approximate surface area is 137 Å². The Balaban J connectivity index is 2.14. The van der Waals surface area contributed by atoms with Gasteiger partial charge in [0, 0.05) is 18.1 Å². The van der Waals surface area contributed by atoms with Gasteiger partial charge in [0.2, 0.25) is 11.2 Å². The van der Waals surface area contributed by atoms with Crippen molar-refractivity contribution in [2.45, 2.75) is 19.9 Å². The number of benzene rings is 1. The van der Waals surface area contributed by atoms with Crippen LogP contribution < -0.4 is 9.64 Å². The first kappa shape index (κ1) is 16.0. The van der Waals surface area contributed by atoms with E-state index in [2.05, 4.69) is 30.9 Å². The van der Waals surface area contributed by atoms with E-state index in [1.165, 1.54) is 0 Å². The first-order valence-electron chi connectivity index (χ1n) is 6.58. The molecule has 2 aromatic rings. The van der Waals surface area contributed by atoms with Crippen LogP contribution in [0.25, 0.3) is 0 Å². The molecule has 0 aliphatic rings. The number of halogens is 2. The van der Waals surface area contributed by atoms with Crippen molar-refractivity contribution in [2.24, 2.45) is 0 Å². The molecule has 21 heavy (non-hydrogen) atoms. The van der Waals surface area contributed by atoms with E-state index in [9.17, 15) is 0 Å². The minimum atomic E-state index is 0.132. The van der Waals surface area contributed by atoms with Crippen molar-refractivity contribution < 1.29 is 4.74 Å². The highest BCUT2D eigenvalue weighted by Crippen LogP contribution is 2.18. The van der Waals surface area contributed by atoms with E-state index in [1.807, 2.05) is 43.1 Å². The molecule has 2 rings (SSSR count). The van der Waals surface area contributed by atoms with Crippen LogP contribution >= 0.6 is 27.5 Å².